The Morgan fingerprint density at radius 2 is 1.43 bits per heavy atom. The van der Waals surface area contributed by atoms with Gasteiger partial charge < -0.3 is 15.1 Å². The van der Waals surface area contributed by atoms with Crippen LogP contribution < -0.4 is 15.1 Å². The second-order valence-corrected chi connectivity index (χ2v) is 6.46. The Morgan fingerprint density at radius 1 is 0.750 bits per heavy atom. The summed E-state index contributed by atoms with van der Waals surface area (Å²) < 4.78 is 40.0. The predicted molar refractivity (Wildman–Crippen MR) is 102 cm³/mol. The molecule has 0 unspecified atom stereocenters. The molecule has 144 valence electrons. The maximum Gasteiger partial charge on any atom is 0.149 e. The molecule has 3 aromatic rings. The average molecular weight is 385 g/mol. The molecule has 2 heterocycles. The summed E-state index contributed by atoms with van der Waals surface area (Å²) >= 11 is 0. The highest BCUT2D eigenvalue weighted by atomic mass is 19.1. The lowest BCUT2D eigenvalue weighted by atomic mass is 10.2. The zero-order chi connectivity index (χ0) is 19.5. The molecular formula is C20H18F3N5. The molecule has 8 heteroatoms. The van der Waals surface area contributed by atoms with Gasteiger partial charge in [-0.3, -0.25) is 0 Å². The molecule has 1 aliphatic heterocycles. The molecule has 0 aliphatic carbocycles. The number of hydrogen-bond acceptors (Lipinski definition) is 5. The van der Waals surface area contributed by atoms with E-state index in [1.807, 2.05) is 0 Å². The van der Waals surface area contributed by atoms with Crippen molar-refractivity contribution >= 4 is 23.0 Å². The Bertz CT molecular complexity index is 956. The van der Waals surface area contributed by atoms with Gasteiger partial charge in [0.1, 0.15) is 35.4 Å². The number of rotatable bonds is 4. The van der Waals surface area contributed by atoms with Crippen LogP contribution in [0.5, 0.6) is 0 Å². The Morgan fingerprint density at radius 3 is 2.14 bits per heavy atom. The van der Waals surface area contributed by atoms with E-state index in [0.717, 1.165) is 43.8 Å². The highest BCUT2D eigenvalue weighted by molar-refractivity contribution is 5.60. The van der Waals surface area contributed by atoms with Crippen molar-refractivity contribution < 1.29 is 13.2 Å². The van der Waals surface area contributed by atoms with E-state index in [1.165, 1.54) is 30.6 Å². The zero-order valence-electron chi connectivity index (χ0n) is 14.9. The predicted octanol–water partition coefficient (Wildman–Crippen LogP) is 3.96. The first kappa shape index (κ1) is 18.1. The fraction of sp³-hybridized carbons (Fsp3) is 0.200. The summed E-state index contributed by atoms with van der Waals surface area (Å²) in [5.41, 5.74) is 1.13. The van der Waals surface area contributed by atoms with Crippen LogP contribution in [0.2, 0.25) is 0 Å². The van der Waals surface area contributed by atoms with Gasteiger partial charge in [-0.05, 0) is 36.4 Å². The molecule has 1 fully saturated rings. The van der Waals surface area contributed by atoms with Crippen molar-refractivity contribution in [3.8, 4) is 0 Å². The third kappa shape index (κ3) is 4.00. The Kier molecular flexibility index (Phi) is 5.01. The van der Waals surface area contributed by atoms with Crippen molar-refractivity contribution in [1.82, 2.24) is 9.97 Å². The van der Waals surface area contributed by atoms with Crippen molar-refractivity contribution in [2.24, 2.45) is 0 Å². The fourth-order valence-electron chi connectivity index (χ4n) is 3.16. The maximum atomic E-state index is 13.8. The molecular weight excluding hydrogens is 367 g/mol. The van der Waals surface area contributed by atoms with Crippen LogP contribution in [0.3, 0.4) is 0 Å². The molecule has 0 amide bonds. The lowest BCUT2D eigenvalue weighted by Crippen LogP contribution is -2.46. The quantitative estimate of drug-likeness (QED) is 0.736. The van der Waals surface area contributed by atoms with Gasteiger partial charge in [0.2, 0.25) is 0 Å². The lowest BCUT2D eigenvalue weighted by molar-refractivity contribution is 0.586. The van der Waals surface area contributed by atoms with Crippen LogP contribution in [-0.4, -0.2) is 36.1 Å². The summed E-state index contributed by atoms with van der Waals surface area (Å²) in [6, 6.07) is 11.5. The second-order valence-electron chi connectivity index (χ2n) is 6.46. The van der Waals surface area contributed by atoms with Crippen LogP contribution in [0.25, 0.3) is 0 Å². The zero-order valence-corrected chi connectivity index (χ0v) is 14.9. The molecule has 1 N–H and O–H groups in total. The highest BCUT2D eigenvalue weighted by Gasteiger charge is 2.19. The molecule has 1 saturated heterocycles. The summed E-state index contributed by atoms with van der Waals surface area (Å²) in [4.78, 5) is 12.7. The topological polar surface area (TPSA) is 44.3 Å². The van der Waals surface area contributed by atoms with E-state index in [1.54, 1.807) is 18.2 Å². The van der Waals surface area contributed by atoms with Crippen molar-refractivity contribution in [3.05, 3.63) is 72.3 Å². The van der Waals surface area contributed by atoms with E-state index >= 15 is 0 Å². The number of nitrogens with one attached hydrogen (secondary N) is 1. The minimum Gasteiger partial charge on any atom is -0.368 e. The molecule has 1 aliphatic rings. The minimum absolute atomic E-state index is 0.146. The number of nitrogens with zero attached hydrogens (tertiary/aromatic N) is 4. The molecule has 5 nitrogen and oxygen atoms in total. The Hall–Kier alpha value is -3.29. The van der Waals surface area contributed by atoms with E-state index in [0.29, 0.717) is 5.82 Å². The van der Waals surface area contributed by atoms with Crippen LogP contribution in [-0.2, 0) is 0 Å². The van der Waals surface area contributed by atoms with Crippen molar-refractivity contribution in [3.63, 3.8) is 0 Å². The molecule has 0 saturated carbocycles. The number of anilines is 4. The molecule has 28 heavy (non-hydrogen) atoms. The van der Waals surface area contributed by atoms with Crippen LogP contribution >= 0.6 is 0 Å². The van der Waals surface area contributed by atoms with Crippen LogP contribution in [0.4, 0.5) is 36.2 Å². The highest BCUT2D eigenvalue weighted by Crippen LogP contribution is 2.23. The van der Waals surface area contributed by atoms with Crippen LogP contribution in [0.15, 0.2) is 54.9 Å². The van der Waals surface area contributed by atoms with Gasteiger partial charge in [0.05, 0.1) is 5.69 Å². The van der Waals surface area contributed by atoms with E-state index in [2.05, 4.69) is 25.1 Å². The maximum absolute atomic E-state index is 13.8. The number of aromatic nitrogens is 2. The van der Waals surface area contributed by atoms with Crippen molar-refractivity contribution in [1.29, 1.82) is 0 Å². The van der Waals surface area contributed by atoms with Gasteiger partial charge in [-0.2, -0.15) is 0 Å². The second kappa shape index (κ2) is 7.75. The first-order valence-corrected chi connectivity index (χ1v) is 8.88. The number of piperazine rings is 1. The average Bonchev–Trinajstić information content (AvgIpc) is 2.71. The van der Waals surface area contributed by atoms with Gasteiger partial charge in [0.25, 0.3) is 0 Å². The smallest absolute Gasteiger partial charge is 0.149 e. The molecule has 0 radical (unpaired) electrons. The SMILES string of the molecule is Fc1ccc(N2CCN(c3cc(Nc4ccc(F)cc4F)ncn3)CC2)cc1. The first-order valence-electron chi connectivity index (χ1n) is 8.88. The van der Waals surface area contributed by atoms with E-state index in [-0.39, 0.29) is 11.5 Å². The largest absolute Gasteiger partial charge is 0.368 e. The van der Waals surface area contributed by atoms with Gasteiger partial charge in [-0.15, -0.1) is 0 Å². The molecule has 2 aromatic carbocycles. The first-order chi connectivity index (χ1) is 13.6. The monoisotopic (exact) mass is 385 g/mol. The van der Waals surface area contributed by atoms with Gasteiger partial charge in [-0.25, -0.2) is 23.1 Å². The molecule has 1 aromatic heterocycles. The summed E-state index contributed by atoms with van der Waals surface area (Å²) in [6.07, 6.45) is 1.41. The van der Waals surface area contributed by atoms with Gasteiger partial charge >= 0.3 is 0 Å². The number of halogens is 3. The van der Waals surface area contributed by atoms with Crippen LogP contribution in [0, 0.1) is 17.5 Å². The van der Waals surface area contributed by atoms with E-state index in [4.69, 9.17) is 0 Å². The Labute approximate surface area is 160 Å². The van der Waals surface area contributed by atoms with Crippen molar-refractivity contribution in [2.45, 2.75) is 0 Å². The summed E-state index contributed by atoms with van der Waals surface area (Å²) in [6.45, 7) is 3.01. The van der Waals surface area contributed by atoms with E-state index < -0.39 is 11.6 Å². The van der Waals surface area contributed by atoms with Gasteiger partial charge in [0.15, 0.2) is 0 Å². The Balaban J connectivity index is 1.43. The van der Waals surface area contributed by atoms with E-state index in [9.17, 15) is 13.2 Å². The lowest BCUT2D eigenvalue weighted by Gasteiger charge is -2.36. The third-order valence-electron chi connectivity index (χ3n) is 4.64. The molecule has 0 spiro atoms. The van der Waals surface area contributed by atoms with Crippen LogP contribution in [0.1, 0.15) is 0 Å². The van der Waals surface area contributed by atoms with Crippen molar-refractivity contribution in [2.75, 3.05) is 41.3 Å². The van der Waals surface area contributed by atoms with Gasteiger partial charge in [-0.1, -0.05) is 0 Å². The number of benzene rings is 2. The summed E-state index contributed by atoms with van der Waals surface area (Å²) in [5, 5.41) is 2.85. The molecule has 0 bridgehead atoms. The summed E-state index contributed by atoms with van der Waals surface area (Å²) in [5.74, 6) is -0.422. The molecule has 0 atom stereocenters. The summed E-state index contributed by atoms with van der Waals surface area (Å²) in [7, 11) is 0. The molecule has 4 rings (SSSR count). The minimum atomic E-state index is -0.687. The number of hydrogen-bond donors (Lipinski definition) is 1. The fourth-order valence-corrected chi connectivity index (χ4v) is 3.16. The normalized spacial score (nSPS) is 14.2. The van der Waals surface area contributed by atoms with Gasteiger partial charge in [0, 0.05) is 44.0 Å². The third-order valence-corrected chi connectivity index (χ3v) is 4.64. The standard InChI is InChI=1S/C20H18F3N5/c21-14-1-4-16(5-2-14)27-7-9-28(10-8-27)20-12-19(24-13-25-20)26-18-6-3-15(22)11-17(18)23/h1-6,11-13H,7-10H2,(H,24,25,26).